The van der Waals surface area contributed by atoms with Crippen molar-refractivity contribution in [1.82, 2.24) is 5.32 Å². The summed E-state index contributed by atoms with van der Waals surface area (Å²) in [6.45, 7) is 8.55. The van der Waals surface area contributed by atoms with Crippen molar-refractivity contribution in [2.24, 2.45) is 5.41 Å². The van der Waals surface area contributed by atoms with Crippen LogP contribution in [-0.2, 0) is 6.54 Å². The van der Waals surface area contributed by atoms with E-state index >= 15 is 0 Å². The maximum atomic E-state index is 8.99. The van der Waals surface area contributed by atoms with Crippen LogP contribution in [0.15, 0.2) is 18.2 Å². The van der Waals surface area contributed by atoms with Gasteiger partial charge in [-0.05, 0) is 30.0 Å². The van der Waals surface area contributed by atoms with Crippen molar-refractivity contribution < 1.29 is 4.74 Å². The van der Waals surface area contributed by atoms with Gasteiger partial charge in [0.25, 0.3) is 0 Å². The van der Waals surface area contributed by atoms with Gasteiger partial charge >= 0.3 is 0 Å². The van der Waals surface area contributed by atoms with Crippen LogP contribution in [0.25, 0.3) is 0 Å². The molecule has 1 aromatic carbocycles. The van der Waals surface area contributed by atoms with Crippen molar-refractivity contribution in [3.05, 3.63) is 29.3 Å². The molecule has 0 saturated carbocycles. The lowest BCUT2D eigenvalue weighted by molar-refractivity contribution is 0.301. The fraction of sp³-hybridized carbons (Fsp3) is 0.611. The molecule has 0 aliphatic carbocycles. The standard InChI is InChI=1S/C18H28N2O/c1-5-6-7-10-18(2,3)14-20-13-16-11-15(12-19)8-9-17(16)21-4/h8-9,11,20H,5-7,10,13-14H2,1-4H3. The first-order valence-electron chi connectivity index (χ1n) is 7.80. The monoisotopic (exact) mass is 288 g/mol. The minimum absolute atomic E-state index is 0.301. The molecule has 0 amide bonds. The first kappa shape index (κ1) is 17.5. The van der Waals surface area contributed by atoms with E-state index in [4.69, 9.17) is 10.00 Å². The highest BCUT2D eigenvalue weighted by atomic mass is 16.5. The SMILES string of the molecule is CCCCCC(C)(C)CNCc1cc(C#N)ccc1OC. The summed E-state index contributed by atoms with van der Waals surface area (Å²) in [5.74, 6) is 0.838. The zero-order chi connectivity index (χ0) is 15.7. The lowest BCUT2D eigenvalue weighted by Crippen LogP contribution is -2.29. The maximum Gasteiger partial charge on any atom is 0.123 e. The minimum Gasteiger partial charge on any atom is -0.496 e. The lowest BCUT2D eigenvalue weighted by atomic mass is 9.87. The van der Waals surface area contributed by atoms with E-state index in [1.54, 1.807) is 13.2 Å². The molecule has 1 aromatic rings. The zero-order valence-corrected chi connectivity index (χ0v) is 13.8. The van der Waals surface area contributed by atoms with E-state index in [1.807, 2.05) is 12.1 Å². The Bertz CT molecular complexity index is 475. The number of hydrogen-bond acceptors (Lipinski definition) is 3. The lowest BCUT2D eigenvalue weighted by Gasteiger charge is -2.25. The predicted molar refractivity (Wildman–Crippen MR) is 87.3 cm³/mol. The van der Waals surface area contributed by atoms with Crippen molar-refractivity contribution in [1.29, 1.82) is 5.26 Å². The number of benzene rings is 1. The third kappa shape index (κ3) is 6.18. The van der Waals surface area contributed by atoms with Gasteiger partial charge in [0.2, 0.25) is 0 Å². The number of unbranched alkanes of at least 4 members (excludes halogenated alkanes) is 2. The molecule has 0 atom stereocenters. The number of nitrogens with zero attached hydrogens (tertiary/aromatic N) is 1. The zero-order valence-electron chi connectivity index (χ0n) is 13.8. The van der Waals surface area contributed by atoms with Crippen LogP contribution in [0, 0.1) is 16.7 Å². The van der Waals surface area contributed by atoms with Crippen molar-refractivity contribution >= 4 is 0 Å². The van der Waals surface area contributed by atoms with Crippen LogP contribution < -0.4 is 10.1 Å². The molecule has 0 unspecified atom stereocenters. The number of ether oxygens (including phenoxy) is 1. The first-order chi connectivity index (χ1) is 10.0. The normalized spacial score (nSPS) is 11.2. The van der Waals surface area contributed by atoms with E-state index in [1.165, 1.54) is 25.7 Å². The summed E-state index contributed by atoms with van der Waals surface area (Å²) < 4.78 is 5.36. The molecule has 3 nitrogen and oxygen atoms in total. The van der Waals surface area contributed by atoms with E-state index in [0.29, 0.717) is 11.0 Å². The summed E-state index contributed by atoms with van der Waals surface area (Å²) in [6, 6.07) is 7.73. The number of hydrogen-bond donors (Lipinski definition) is 1. The van der Waals surface area contributed by atoms with Gasteiger partial charge in [-0.1, -0.05) is 40.0 Å². The first-order valence-corrected chi connectivity index (χ1v) is 7.80. The van der Waals surface area contributed by atoms with Gasteiger partial charge in [0.1, 0.15) is 5.75 Å². The number of nitriles is 1. The van der Waals surface area contributed by atoms with E-state index in [2.05, 4.69) is 32.2 Å². The van der Waals surface area contributed by atoms with Gasteiger partial charge < -0.3 is 10.1 Å². The van der Waals surface area contributed by atoms with Crippen molar-refractivity contribution in [3.63, 3.8) is 0 Å². The smallest absolute Gasteiger partial charge is 0.123 e. The highest BCUT2D eigenvalue weighted by Crippen LogP contribution is 2.24. The van der Waals surface area contributed by atoms with Crippen LogP contribution in [0.1, 0.15) is 57.6 Å². The van der Waals surface area contributed by atoms with Gasteiger partial charge in [-0.2, -0.15) is 5.26 Å². The molecule has 0 heterocycles. The van der Waals surface area contributed by atoms with E-state index in [-0.39, 0.29) is 0 Å². The third-order valence-corrected chi connectivity index (χ3v) is 3.79. The van der Waals surface area contributed by atoms with Gasteiger partial charge in [0.05, 0.1) is 18.7 Å². The van der Waals surface area contributed by atoms with Crippen LogP contribution in [0.5, 0.6) is 5.75 Å². The maximum absolute atomic E-state index is 8.99. The molecule has 0 radical (unpaired) electrons. The molecular weight excluding hydrogens is 260 g/mol. The van der Waals surface area contributed by atoms with Crippen LogP contribution >= 0.6 is 0 Å². The van der Waals surface area contributed by atoms with Crippen molar-refractivity contribution in [2.45, 2.75) is 53.0 Å². The van der Waals surface area contributed by atoms with Gasteiger partial charge in [-0.25, -0.2) is 0 Å². The van der Waals surface area contributed by atoms with E-state index < -0.39 is 0 Å². The van der Waals surface area contributed by atoms with Crippen LogP contribution in [0.2, 0.25) is 0 Å². The van der Waals surface area contributed by atoms with Crippen LogP contribution in [-0.4, -0.2) is 13.7 Å². The summed E-state index contributed by atoms with van der Waals surface area (Å²) in [6.07, 6.45) is 5.10. The second kappa shape index (κ2) is 8.69. The Kier molecular flexibility index (Phi) is 7.25. The Morgan fingerprint density at radius 2 is 2.05 bits per heavy atom. The second-order valence-corrected chi connectivity index (χ2v) is 6.36. The molecule has 0 spiro atoms. The number of rotatable bonds is 9. The largest absolute Gasteiger partial charge is 0.496 e. The Morgan fingerprint density at radius 3 is 2.67 bits per heavy atom. The van der Waals surface area contributed by atoms with Crippen LogP contribution in [0.3, 0.4) is 0 Å². The molecule has 21 heavy (non-hydrogen) atoms. The Hall–Kier alpha value is -1.53. The number of nitrogens with one attached hydrogen (secondary N) is 1. The Labute approximate surface area is 129 Å². The fourth-order valence-corrected chi connectivity index (χ4v) is 2.46. The summed E-state index contributed by atoms with van der Waals surface area (Å²) in [5, 5.41) is 12.5. The summed E-state index contributed by atoms with van der Waals surface area (Å²) >= 11 is 0. The highest BCUT2D eigenvalue weighted by molar-refractivity contribution is 5.41. The van der Waals surface area contributed by atoms with Gasteiger partial charge in [-0.15, -0.1) is 0 Å². The molecule has 1 N–H and O–H groups in total. The molecule has 3 heteroatoms. The summed E-state index contributed by atoms with van der Waals surface area (Å²) in [4.78, 5) is 0. The average molecular weight is 288 g/mol. The Balaban J connectivity index is 2.53. The molecule has 0 aliphatic rings. The molecule has 116 valence electrons. The van der Waals surface area contributed by atoms with E-state index in [0.717, 1.165) is 24.4 Å². The molecular formula is C18H28N2O. The van der Waals surface area contributed by atoms with Crippen molar-refractivity contribution in [3.8, 4) is 11.8 Å². The predicted octanol–water partition coefficient (Wildman–Crippen LogP) is 4.26. The molecule has 0 bridgehead atoms. The van der Waals surface area contributed by atoms with Gasteiger partial charge in [0, 0.05) is 18.7 Å². The summed E-state index contributed by atoms with van der Waals surface area (Å²) in [7, 11) is 1.67. The quantitative estimate of drug-likeness (QED) is 0.690. The van der Waals surface area contributed by atoms with Crippen LogP contribution in [0.4, 0.5) is 0 Å². The third-order valence-electron chi connectivity index (χ3n) is 3.79. The fourth-order valence-electron chi connectivity index (χ4n) is 2.46. The summed E-state index contributed by atoms with van der Waals surface area (Å²) in [5.41, 5.74) is 2.02. The molecule has 1 rings (SSSR count). The molecule has 0 fully saturated rings. The number of methoxy groups -OCH3 is 1. The molecule has 0 aliphatic heterocycles. The molecule has 0 aromatic heterocycles. The molecule has 0 saturated heterocycles. The van der Waals surface area contributed by atoms with Gasteiger partial charge in [-0.3, -0.25) is 0 Å². The minimum atomic E-state index is 0.301. The van der Waals surface area contributed by atoms with E-state index in [9.17, 15) is 0 Å². The average Bonchev–Trinajstić information content (AvgIpc) is 2.47. The van der Waals surface area contributed by atoms with Crippen molar-refractivity contribution in [2.75, 3.05) is 13.7 Å². The Morgan fingerprint density at radius 1 is 1.29 bits per heavy atom. The second-order valence-electron chi connectivity index (χ2n) is 6.36. The highest BCUT2D eigenvalue weighted by Gasteiger charge is 2.17. The van der Waals surface area contributed by atoms with Gasteiger partial charge in [0.15, 0.2) is 0 Å². The topological polar surface area (TPSA) is 45.0 Å².